The number of benzene rings is 1. The monoisotopic (exact) mass is 292 g/mol. The molecule has 1 aromatic carbocycles. The molecular weight excluding hydrogens is 268 g/mol. The van der Waals surface area contributed by atoms with Crippen molar-refractivity contribution in [2.45, 2.75) is 33.4 Å². The van der Waals surface area contributed by atoms with E-state index in [2.05, 4.69) is 5.32 Å². The zero-order valence-electron chi connectivity index (χ0n) is 13.1. The van der Waals surface area contributed by atoms with E-state index in [0.717, 1.165) is 5.56 Å². The lowest BCUT2D eigenvalue weighted by atomic mass is 10.1. The van der Waals surface area contributed by atoms with Crippen LogP contribution in [0.1, 0.15) is 36.7 Å². The molecular formula is C16H24N2O3. The quantitative estimate of drug-likeness (QED) is 0.833. The van der Waals surface area contributed by atoms with Gasteiger partial charge in [-0.2, -0.15) is 0 Å². The van der Waals surface area contributed by atoms with Crippen molar-refractivity contribution in [1.82, 2.24) is 10.2 Å². The average molecular weight is 292 g/mol. The Kier molecular flexibility index (Phi) is 6.37. The van der Waals surface area contributed by atoms with Crippen LogP contribution in [0.2, 0.25) is 0 Å². The van der Waals surface area contributed by atoms with E-state index >= 15 is 0 Å². The Balaban J connectivity index is 2.62. The van der Waals surface area contributed by atoms with Crippen LogP contribution in [0.15, 0.2) is 24.3 Å². The lowest BCUT2D eigenvalue weighted by Gasteiger charge is -2.19. The number of carbonyl (C=O) groups is 2. The minimum atomic E-state index is -0.566. The summed E-state index contributed by atoms with van der Waals surface area (Å²) in [5.41, 5.74) is 1.51. The molecule has 0 saturated heterocycles. The molecule has 0 aliphatic carbocycles. The highest BCUT2D eigenvalue weighted by molar-refractivity contribution is 5.94. The van der Waals surface area contributed by atoms with Gasteiger partial charge in [0.1, 0.15) is 0 Å². The molecule has 1 aromatic rings. The molecule has 0 spiro atoms. The van der Waals surface area contributed by atoms with Crippen LogP contribution < -0.4 is 5.32 Å². The van der Waals surface area contributed by atoms with E-state index in [1.54, 1.807) is 31.0 Å². The predicted octanol–water partition coefficient (Wildman–Crippen LogP) is 1.41. The van der Waals surface area contributed by atoms with Crippen LogP contribution in [0, 0.1) is 5.92 Å². The summed E-state index contributed by atoms with van der Waals surface area (Å²) >= 11 is 0. The first-order valence-electron chi connectivity index (χ1n) is 7.11. The van der Waals surface area contributed by atoms with Crippen molar-refractivity contribution in [3.63, 3.8) is 0 Å². The molecule has 1 atom stereocenters. The number of nitrogens with one attached hydrogen (secondary N) is 1. The maximum absolute atomic E-state index is 11.8. The van der Waals surface area contributed by atoms with Crippen LogP contribution in [0.3, 0.4) is 0 Å². The lowest BCUT2D eigenvalue weighted by molar-refractivity contribution is -0.133. The molecule has 2 amide bonds. The van der Waals surface area contributed by atoms with Crippen molar-refractivity contribution in [1.29, 1.82) is 0 Å². The SMILES string of the molecule is CC(O)CNC(=O)c1ccc(CN(C)C(=O)C(C)C)cc1. The second kappa shape index (κ2) is 7.78. The van der Waals surface area contributed by atoms with Crippen molar-refractivity contribution in [3.8, 4) is 0 Å². The molecule has 0 radical (unpaired) electrons. The number of hydrogen-bond acceptors (Lipinski definition) is 3. The van der Waals surface area contributed by atoms with Crippen LogP contribution in [-0.2, 0) is 11.3 Å². The van der Waals surface area contributed by atoms with E-state index in [-0.39, 0.29) is 24.3 Å². The van der Waals surface area contributed by atoms with E-state index in [9.17, 15) is 9.59 Å². The normalized spacial score (nSPS) is 12.1. The highest BCUT2D eigenvalue weighted by atomic mass is 16.3. The fraction of sp³-hybridized carbons (Fsp3) is 0.500. The van der Waals surface area contributed by atoms with E-state index in [1.807, 2.05) is 26.0 Å². The molecule has 1 rings (SSSR count). The number of aliphatic hydroxyl groups is 1. The van der Waals surface area contributed by atoms with Gasteiger partial charge >= 0.3 is 0 Å². The van der Waals surface area contributed by atoms with Gasteiger partial charge in [0, 0.05) is 31.6 Å². The van der Waals surface area contributed by atoms with Crippen LogP contribution in [0.5, 0.6) is 0 Å². The van der Waals surface area contributed by atoms with Crippen molar-refractivity contribution >= 4 is 11.8 Å². The smallest absolute Gasteiger partial charge is 0.251 e. The first-order chi connectivity index (χ1) is 9.81. The Morgan fingerprint density at radius 2 is 1.76 bits per heavy atom. The topological polar surface area (TPSA) is 69.6 Å². The molecule has 0 heterocycles. The summed E-state index contributed by atoms with van der Waals surface area (Å²) in [6, 6.07) is 7.11. The van der Waals surface area contributed by atoms with E-state index in [4.69, 9.17) is 5.11 Å². The van der Waals surface area contributed by atoms with Crippen molar-refractivity contribution < 1.29 is 14.7 Å². The largest absolute Gasteiger partial charge is 0.392 e. The van der Waals surface area contributed by atoms with Gasteiger partial charge in [0.25, 0.3) is 5.91 Å². The number of rotatable bonds is 6. The molecule has 0 aliphatic rings. The Labute approximate surface area is 126 Å². The third-order valence-corrected chi connectivity index (χ3v) is 3.06. The summed E-state index contributed by atoms with van der Waals surface area (Å²) in [5, 5.41) is 11.8. The highest BCUT2D eigenvalue weighted by Crippen LogP contribution is 2.09. The number of hydrogen-bond donors (Lipinski definition) is 2. The van der Waals surface area contributed by atoms with Crippen LogP contribution in [0.25, 0.3) is 0 Å². The summed E-state index contributed by atoms with van der Waals surface area (Å²) in [4.78, 5) is 25.3. The lowest BCUT2D eigenvalue weighted by Crippen LogP contribution is -2.31. The summed E-state index contributed by atoms with van der Waals surface area (Å²) in [7, 11) is 1.77. The molecule has 1 unspecified atom stereocenters. The van der Waals surface area contributed by atoms with E-state index in [0.29, 0.717) is 12.1 Å². The van der Waals surface area contributed by atoms with Gasteiger partial charge in [-0.1, -0.05) is 26.0 Å². The van der Waals surface area contributed by atoms with Crippen LogP contribution in [-0.4, -0.2) is 41.5 Å². The van der Waals surface area contributed by atoms with Gasteiger partial charge in [0.15, 0.2) is 0 Å². The minimum absolute atomic E-state index is 0.0273. The fourth-order valence-electron chi connectivity index (χ4n) is 1.90. The molecule has 0 aromatic heterocycles. The van der Waals surface area contributed by atoms with Crippen molar-refractivity contribution in [2.75, 3.05) is 13.6 Å². The van der Waals surface area contributed by atoms with Crippen molar-refractivity contribution in [3.05, 3.63) is 35.4 Å². The number of nitrogens with zero attached hydrogens (tertiary/aromatic N) is 1. The van der Waals surface area contributed by atoms with Gasteiger partial charge in [-0.3, -0.25) is 9.59 Å². The molecule has 21 heavy (non-hydrogen) atoms. The maximum Gasteiger partial charge on any atom is 0.251 e. The number of carbonyl (C=O) groups excluding carboxylic acids is 2. The Morgan fingerprint density at radius 3 is 2.24 bits per heavy atom. The summed E-state index contributed by atoms with van der Waals surface area (Å²) < 4.78 is 0. The zero-order valence-corrected chi connectivity index (χ0v) is 13.1. The van der Waals surface area contributed by atoms with E-state index < -0.39 is 6.10 Å². The maximum atomic E-state index is 11.8. The average Bonchev–Trinajstić information content (AvgIpc) is 2.44. The first-order valence-corrected chi connectivity index (χ1v) is 7.11. The molecule has 0 saturated carbocycles. The second-order valence-corrected chi connectivity index (χ2v) is 5.60. The third-order valence-electron chi connectivity index (χ3n) is 3.06. The van der Waals surface area contributed by atoms with E-state index in [1.165, 1.54) is 0 Å². The highest BCUT2D eigenvalue weighted by Gasteiger charge is 2.13. The van der Waals surface area contributed by atoms with Crippen molar-refractivity contribution in [2.24, 2.45) is 5.92 Å². The molecule has 0 bridgehead atoms. The molecule has 5 nitrogen and oxygen atoms in total. The molecule has 2 N–H and O–H groups in total. The van der Waals surface area contributed by atoms with Gasteiger partial charge in [0.2, 0.25) is 5.91 Å². The van der Waals surface area contributed by atoms with Gasteiger partial charge < -0.3 is 15.3 Å². The number of amides is 2. The summed E-state index contributed by atoms with van der Waals surface area (Å²) in [6.07, 6.45) is -0.566. The van der Waals surface area contributed by atoms with Gasteiger partial charge in [0.05, 0.1) is 6.10 Å². The second-order valence-electron chi connectivity index (χ2n) is 5.60. The molecule has 0 aliphatic heterocycles. The van der Waals surface area contributed by atoms with Gasteiger partial charge in [-0.15, -0.1) is 0 Å². The fourth-order valence-corrected chi connectivity index (χ4v) is 1.90. The van der Waals surface area contributed by atoms with Gasteiger partial charge in [-0.25, -0.2) is 0 Å². The number of aliphatic hydroxyl groups excluding tert-OH is 1. The zero-order chi connectivity index (χ0) is 16.0. The standard InChI is InChI=1S/C16H24N2O3/c1-11(2)16(21)18(4)10-13-5-7-14(8-6-13)15(20)17-9-12(3)19/h5-8,11-12,19H,9-10H2,1-4H3,(H,17,20). The molecule has 5 heteroatoms. The Hall–Kier alpha value is -1.88. The Morgan fingerprint density at radius 1 is 1.19 bits per heavy atom. The molecule has 116 valence electrons. The van der Waals surface area contributed by atoms with Gasteiger partial charge in [-0.05, 0) is 24.6 Å². The molecule has 0 fully saturated rings. The predicted molar refractivity (Wildman–Crippen MR) is 81.8 cm³/mol. The third kappa shape index (κ3) is 5.55. The Bertz CT molecular complexity index is 481. The van der Waals surface area contributed by atoms with Crippen LogP contribution in [0.4, 0.5) is 0 Å². The summed E-state index contributed by atoms with van der Waals surface area (Å²) in [5.74, 6) is -0.150. The summed E-state index contributed by atoms with van der Waals surface area (Å²) in [6.45, 7) is 6.10. The first kappa shape index (κ1) is 17.2. The van der Waals surface area contributed by atoms with Crippen LogP contribution >= 0.6 is 0 Å². The minimum Gasteiger partial charge on any atom is -0.392 e.